The molecule has 0 spiro atoms. The molecule has 1 aromatic rings. The van der Waals surface area contributed by atoms with Crippen LogP contribution in [0.2, 0.25) is 0 Å². The van der Waals surface area contributed by atoms with Crippen LogP contribution in [-0.2, 0) is 12.7 Å². The number of hydrogen-bond donors (Lipinski definition) is 1. The van der Waals surface area contributed by atoms with Crippen molar-refractivity contribution in [2.75, 3.05) is 44.2 Å². The third-order valence-electron chi connectivity index (χ3n) is 5.07. The van der Waals surface area contributed by atoms with E-state index in [1.807, 2.05) is 6.07 Å². The first kappa shape index (κ1) is 17.5. The third kappa shape index (κ3) is 4.42. The molecule has 1 aromatic carbocycles. The van der Waals surface area contributed by atoms with Gasteiger partial charge in [-0.15, -0.1) is 0 Å². The predicted octanol–water partition coefficient (Wildman–Crippen LogP) is 3.35. The molecule has 24 heavy (non-hydrogen) atoms. The van der Waals surface area contributed by atoms with E-state index < -0.39 is 11.7 Å². The lowest BCUT2D eigenvalue weighted by Crippen LogP contribution is -2.43. The highest BCUT2D eigenvalue weighted by atomic mass is 19.4. The number of rotatable bonds is 3. The first-order valence-corrected chi connectivity index (χ1v) is 8.81. The number of piperazine rings is 1. The van der Waals surface area contributed by atoms with Crippen LogP contribution >= 0.6 is 0 Å². The van der Waals surface area contributed by atoms with Crippen molar-refractivity contribution in [3.05, 3.63) is 29.3 Å². The molecule has 0 amide bonds. The number of benzene rings is 1. The number of anilines is 1. The van der Waals surface area contributed by atoms with Crippen molar-refractivity contribution in [1.29, 1.82) is 0 Å². The average molecular weight is 341 g/mol. The lowest BCUT2D eigenvalue weighted by atomic mass is 9.98. The summed E-state index contributed by atoms with van der Waals surface area (Å²) in [5.41, 5.74) is 0.964. The highest BCUT2D eigenvalue weighted by Gasteiger charge is 2.32. The second-order valence-electron chi connectivity index (χ2n) is 7.08. The van der Waals surface area contributed by atoms with E-state index in [1.54, 1.807) is 0 Å². The van der Waals surface area contributed by atoms with Gasteiger partial charge < -0.3 is 10.2 Å². The Morgan fingerprint density at radius 3 is 2.33 bits per heavy atom. The molecule has 0 radical (unpaired) electrons. The Balaban J connectivity index is 1.83. The lowest BCUT2D eigenvalue weighted by Gasteiger charge is -2.33. The first-order chi connectivity index (χ1) is 11.4. The molecule has 0 bridgehead atoms. The zero-order valence-electron chi connectivity index (χ0n) is 14.2. The summed E-state index contributed by atoms with van der Waals surface area (Å²) in [7, 11) is 0. The van der Waals surface area contributed by atoms with E-state index in [-0.39, 0.29) is 0 Å². The van der Waals surface area contributed by atoms with Crippen molar-refractivity contribution >= 4 is 5.69 Å². The molecule has 2 aliphatic heterocycles. The van der Waals surface area contributed by atoms with Crippen LogP contribution in [0.1, 0.15) is 30.9 Å². The first-order valence-electron chi connectivity index (χ1n) is 8.81. The van der Waals surface area contributed by atoms with E-state index in [1.165, 1.54) is 12.1 Å². The van der Waals surface area contributed by atoms with Gasteiger partial charge in [0.05, 0.1) is 5.56 Å². The fourth-order valence-electron chi connectivity index (χ4n) is 3.51. The van der Waals surface area contributed by atoms with Crippen molar-refractivity contribution in [3.63, 3.8) is 0 Å². The van der Waals surface area contributed by atoms with E-state index in [0.717, 1.165) is 63.4 Å². The summed E-state index contributed by atoms with van der Waals surface area (Å²) in [6.45, 7) is 8.04. The minimum absolute atomic E-state index is 0.524. The maximum atomic E-state index is 13.3. The van der Waals surface area contributed by atoms with Gasteiger partial charge in [0.1, 0.15) is 0 Å². The maximum Gasteiger partial charge on any atom is 0.416 e. The van der Waals surface area contributed by atoms with Crippen LogP contribution in [0, 0.1) is 5.92 Å². The van der Waals surface area contributed by atoms with Gasteiger partial charge in [-0.2, -0.15) is 13.2 Å². The van der Waals surface area contributed by atoms with Gasteiger partial charge in [0, 0.05) is 51.5 Å². The number of alkyl halides is 3. The molecule has 1 N–H and O–H groups in total. The number of piperidine rings is 1. The Hall–Kier alpha value is -1.27. The van der Waals surface area contributed by atoms with Gasteiger partial charge in [-0.05, 0) is 42.5 Å². The number of nitrogens with zero attached hydrogens (tertiary/aromatic N) is 2. The van der Waals surface area contributed by atoms with Crippen molar-refractivity contribution in [2.24, 2.45) is 5.92 Å². The topological polar surface area (TPSA) is 18.5 Å². The van der Waals surface area contributed by atoms with E-state index in [9.17, 15) is 13.2 Å². The quantitative estimate of drug-likeness (QED) is 0.910. The number of nitrogens with one attached hydrogen (secondary N) is 1. The van der Waals surface area contributed by atoms with Gasteiger partial charge in [0.25, 0.3) is 0 Å². The summed E-state index contributed by atoms with van der Waals surface area (Å²) in [4.78, 5) is 4.32. The Bertz CT molecular complexity index is 545. The maximum absolute atomic E-state index is 13.3. The lowest BCUT2D eigenvalue weighted by molar-refractivity contribution is -0.137. The van der Waals surface area contributed by atoms with Crippen LogP contribution < -0.4 is 10.2 Å². The molecule has 3 nitrogen and oxygen atoms in total. The Labute approximate surface area is 141 Å². The minimum atomic E-state index is -4.29. The monoisotopic (exact) mass is 341 g/mol. The molecular formula is C18H26F3N3. The third-order valence-corrected chi connectivity index (χ3v) is 5.07. The molecule has 0 aromatic heterocycles. The smallest absolute Gasteiger partial charge is 0.371 e. The normalized spacial score (nSPS) is 21.2. The van der Waals surface area contributed by atoms with Crippen LogP contribution in [0.4, 0.5) is 18.9 Å². The molecular weight excluding hydrogens is 315 g/mol. The van der Waals surface area contributed by atoms with E-state index >= 15 is 0 Å². The van der Waals surface area contributed by atoms with Crippen LogP contribution in [0.5, 0.6) is 0 Å². The summed E-state index contributed by atoms with van der Waals surface area (Å²) in [6, 6.07) is 4.59. The van der Waals surface area contributed by atoms with E-state index in [4.69, 9.17) is 0 Å². The second-order valence-corrected chi connectivity index (χ2v) is 7.08. The number of halogens is 3. The highest BCUT2D eigenvalue weighted by molar-refractivity contribution is 5.52. The zero-order valence-corrected chi connectivity index (χ0v) is 14.2. The zero-order chi connectivity index (χ0) is 17.2. The largest absolute Gasteiger partial charge is 0.416 e. The highest BCUT2D eigenvalue weighted by Crippen LogP contribution is 2.34. The molecule has 3 rings (SSSR count). The van der Waals surface area contributed by atoms with Crippen LogP contribution in [0.15, 0.2) is 18.2 Å². The molecule has 2 fully saturated rings. The number of hydrogen-bond acceptors (Lipinski definition) is 3. The van der Waals surface area contributed by atoms with Crippen molar-refractivity contribution in [3.8, 4) is 0 Å². The Kier molecular flexibility index (Phi) is 5.35. The molecule has 134 valence electrons. The molecule has 0 saturated carbocycles. The summed E-state index contributed by atoms with van der Waals surface area (Å²) < 4.78 is 39.9. The van der Waals surface area contributed by atoms with Gasteiger partial charge in [-0.1, -0.05) is 6.92 Å². The summed E-state index contributed by atoms with van der Waals surface area (Å²) in [5, 5.41) is 3.27. The van der Waals surface area contributed by atoms with Crippen molar-refractivity contribution in [1.82, 2.24) is 10.2 Å². The van der Waals surface area contributed by atoms with Gasteiger partial charge in [-0.25, -0.2) is 0 Å². The molecule has 2 heterocycles. The summed E-state index contributed by atoms with van der Waals surface area (Å²) in [6.07, 6.45) is -2.20. The minimum Gasteiger partial charge on any atom is -0.371 e. The van der Waals surface area contributed by atoms with Gasteiger partial charge in [0.15, 0.2) is 0 Å². The van der Waals surface area contributed by atoms with Gasteiger partial charge in [-0.3, -0.25) is 4.90 Å². The Morgan fingerprint density at radius 2 is 1.71 bits per heavy atom. The van der Waals surface area contributed by atoms with Gasteiger partial charge >= 0.3 is 6.18 Å². The molecule has 0 atom stereocenters. The summed E-state index contributed by atoms with van der Waals surface area (Å²) >= 11 is 0. The Morgan fingerprint density at radius 1 is 1.04 bits per heavy atom. The van der Waals surface area contributed by atoms with Crippen LogP contribution in [0.3, 0.4) is 0 Å². The molecule has 2 saturated heterocycles. The molecule has 0 aliphatic carbocycles. The fraction of sp³-hybridized carbons (Fsp3) is 0.667. The van der Waals surface area contributed by atoms with E-state index in [2.05, 4.69) is 22.0 Å². The predicted molar refractivity (Wildman–Crippen MR) is 90.2 cm³/mol. The fourth-order valence-corrected chi connectivity index (χ4v) is 3.51. The van der Waals surface area contributed by atoms with Crippen LogP contribution in [-0.4, -0.2) is 44.2 Å². The second kappa shape index (κ2) is 7.31. The average Bonchev–Trinajstić information content (AvgIpc) is 2.55. The summed E-state index contributed by atoms with van der Waals surface area (Å²) in [5.74, 6) is 0.660. The van der Waals surface area contributed by atoms with Crippen LogP contribution in [0.25, 0.3) is 0 Å². The molecule has 2 aliphatic rings. The van der Waals surface area contributed by atoms with Gasteiger partial charge in [0.2, 0.25) is 0 Å². The van der Waals surface area contributed by atoms with E-state index in [0.29, 0.717) is 12.5 Å². The standard InChI is InChI=1S/C18H26F3N3/c1-14-2-6-24(7-3-14)17-11-15(10-16(12-17)18(19,20)21)13-23-8-4-22-5-9-23/h10-12,14,22H,2-9,13H2,1H3. The van der Waals surface area contributed by atoms with Crippen molar-refractivity contribution < 1.29 is 13.2 Å². The van der Waals surface area contributed by atoms with Crippen molar-refractivity contribution in [2.45, 2.75) is 32.5 Å². The molecule has 6 heteroatoms. The SMILES string of the molecule is CC1CCN(c2cc(CN3CCNCC3)cc(C(F)(F)F)c2)CC1. The molecule has 0 unspecified atom stereocenters.